The van der Waals surface area contributed by atoms with Crippen LogP contribution >= 0.6 is 0 Å². The van der Waals surface area contributed by atoms with Crippen LogP contribution in [0.5, 0.6) is 0 Å². The number of carbonyl (C=O) groups is 2. The Kier molecular flexibility index (Phi) is 8.06. The third-order valence-electron chi connectivity index (χ3n) is 5.79. The minimum atomic E-state index is -1.01. The maximum atomic E-state index is 12.7. The first-order valence-electron chi connectivity index (χ1n) is 10.9. The lowest BCUT2D eigenvalue weighted by molar-refractivity contribution is -0.179. The number of esters is 1. The first-order chi connectivity index (χ1) is 14.1. The minimum Gasteiger partial charge on any atom is -0.481 e. The van der Waals surface area contributed by atoms with Crippen molar-refractivity contribution in [2.75, 3.05) is 0 Å². The Morgan fingerprint density at radius 1 is 1.13 bits per heavy atom. The Hall–Kier alpha value is -1.92. The van der Waals surface area contributed by atoms with E-state index in [1.54, 1.807) is 20.8 Å². The third-order valence-corrected chi connectivity index (χ3v) is 5.79. The van der Waals surface area contributed by atoms with Gasteiger partial charge in [0.1, 0.15) is 12.2 Å². The lowest BCUT2D eigenvalue weighted by Gasteiger charge is -2.40. The highest BCUT2D eigenvalue weighted by Crippen LogP contribution is 2.46. The molecule has 5 atom stereocenters. The van der Waals surface area contributed by atoms with Crippen molar-refractivity contribution in [1.29, 1.82) is 0 Å². The lowest BCUT2D eigenvalue weighted by atomic mass is 9.72. The number of aliphatic carboxylic acids is 1. The first-order valence-corrected chi connectivity index (χ1v) is 10.9. The minimum absolute atomic E-state index is 0.222. The van der Waals surface area contributed by atoms with Crippen molar-refractivity contribution in [2.24, 2.45) is 11.3 Å². The number of carboxylic acids is 1. The van der Waals surface area contributed by atoms with Crippen molar-refractivity contribution in [3.63, 3.8) is 0 Å². The van der Waals surface area contributed by atoms with E-state index < -0.39 is 35.5 Å². The molecule has 1 saturated carbocycles. The molecule has 1 aliphatic carbocycles. The summed E-state index contributed by atoms with van der Waals surface area (Å²) in [5, 5.41) is 9.68. The summed E-state index contributed by atoms with van der Waals surface area (Å²) in [6, 6.07) is 9.99. The van der Waals surface area contributed by atoms with Gasteiger partial charge in [-0.3, -0.25) is 9.59 Å². The Morgan fingerprint density at radius 2 is 1.77 bits per heavy atom. The SMILES string of the molecule is CC.CC(CCc1ccccc1)C(=O)OC1CC(C)(C(=O)O)CC2OC(C)(C)OC12. The summed E-state index contributed by atoms with van der Waals surface area (Å²) < 4.78 is 17.6. The monoisotopic (exact) mass is 420 g/mol. The summed E-state index contributed by atoms with van der Waals surface area (Å²) in [7, 11) is 0. The summed E-state index contributed by atoms with van der Waals surface area (Å²) in [5.74, 6) is -2.32. The van der Waals surface area contributed by atoms with Gasteiger partial charge in [0.2, 0.25) is 0 Å². The molecule has 1 N–H and O–H groups in total. The van der Waals surface area contributed by atoms with Crippen LogP contribution in [0.3, 0.4) is 0 Å². The molecule has 1 aromatic carbocycles. The number of carbonyl (C=O) groups excluding carboxylic acids is 1. The van der Waals surface area contributed by atoms with Crippen molar-refractivity contribution >= 4 is 11.9 Å². The van der Waals surface area contributed by atoms with Crippen LogP contribution in [0.1, 0.15) is 66.4 Å². The van der Waals surface area contributed by atoms with Crippen molar-refractivity contribution in [2.45, 2.75) is 91.3 Å². The largest absolute Gasteiger partial charge is 0.481 e. The highest BCUT2D eigenvalue weighted by Gasteiger charge is 2.56. The van der Waals surface area contributed by atoms with Gasteiger partial charge in [0, 0.05) is 6.42 Å². The standard InChI is InChI=1S/C22H30O6.C2H6/c1-14(10-11-15-8-6-5-7-9-15)19(23)26-16-12-22(4,20(24)25)13-17-18(16)28-21(2,3)27-17;1-2/h5-9,14,16-18H,10-13H2,1-4H3,(H,24,25);1-2H3. The van der Waals surface area contributed by atoms with Crippen LogP contribution in [-0.2, 0) is 30.2 Å². The molecule has 30 heavy (non-hydrogen) atoms. The van der Waals surface area contributed by atoms with Crippen LogP contribution in [0.25, 0.3) is 0 Å². The van der Waals surface area contributed by atoms with Gasteiger partial charge in [-0.05, 0) is 45.6 Å². The third kappa shape index (κ3) is 5.82. The van der Waals surface area contributed by atoms with Gasteiger partial charge in [-0.15, -0.1) is 0 Å². The highest BCUT2D eigenvalue weighted by molar-refractivity contribution is 5.75. The second kappa shape index (κ2) is 9.92. The van der Waals surface area contributed by atoms with E-state index in [1.165, 1.54) is 5.56 Å². The Morgan fingerprint density at radius 3 is 2.37 bits per heavy atom. The van der Waals surface area contributed by atoms with E-state index >= 15 is 0 Å². The normalized spacial score (nSPS) is 30.4. The van der Waals surface area contributed by atoms with Gasteiger partial charge in [-0.2, -0.15) is 0 Å². The van der Waals surface area contributed by atoms with E-state index in [0.717, 1.165) is 6.42 Å². The predicted octanol–water partition coefficient (Wildman–Crippen LogP) is 4.60. The number of carboxylic acid groups (broad SMARTS) is 1. The van der Waals surface area contributed by atoms with E-state index in [9.17, 15) is 14.7 Å². The predicted molar refractivity (Wildman–Crippen MR) is 114 cm³/mol. The maximum absolute atomic E-state index is 12.7. The Bertz CT molecular complexity index is 716. The number of aryl methyl sites for hydroxylation is 1. The van der Waals surface area contributed by atoms with Crippen LogP contribution in [-0.4, -0.2) is 41.1 Å². The van der Waals surface area contributed by atoms with Gasteiger partial charge in [0.15, 0.2) is 5.79 Å². The fraction of sp³-hybridized carbons (Fsp3) is 0.667. The topological polar surface area (TPSA) is 82.1 Å². The van der Waals surface area contributed by atoms with E-state index in [1.807, 2.05) is 51.1 Å². The number of hydrogen-bond acceptors (Lipinski definition) is 5. The van der Waals surface area contributed by atoms with Crippen LogP contribution in [0.4, 0.5) is 0 Å². The highest BCUT2D eigenvalue weighted by atomic mass is 16.8. The number of hydrogen-bond donors (Lipinski definition) is 1. The number of rotatable bonds is 6. The van der Waals surface area contributed by atoms with Crippen LogP contribution in [0.2, 0.25) is 0 Å². The molecule has 5 unspecified atom stereocenters. The smallest absolute Gasteiger partial charge is 0.309 e. The van der Waals surface area contributed by atoms with Gasteiger partial charge in [0.25, 0.3) is 0 Å². The second-order valence-corrected chi connectivity index (χ2v) is 8.81. The van der Waals surface area contributed by atoms with Crippen LogP contribution in [0, 0.1) is 11.3 Å². The average molecular weight is 421 g/mol. The molecular weight excluding hydrogens is 384 g/mol. The number of fused-ring (bicyclic) bond motifs is 1. The quantitative estimate of drug-likeness (QED) is 0.678. The molecule has 0 amide bonds. The molecule has 1 aromatic rings. The Labute approximate surface area is 179 Å². The number of ether oxygens (including phenoxy) is 3. The van der Waals surface area contributed by atoms with Crippen molar-refractivity contribution < 1.29 is 28.9 Å². The summed E-state index contributed by atoms with van der Waals surface area (Å²) >= 11 is 0. The van der Waals surface area contributed by atoms with Gasteiger partial charge in [0.05, 0.1) is 17.4 Å². The molecule has 1 aliphatic heterocycles. The molecule has 2 aliphatic rings. The summed E-state index contributed by atoms with van der Waals surface area (Å²) in [6.45, 7) is 11.1. The van der Waals surface area contributed by atoms with Gasteiger partial charge in [-0.25, -0.2) is 0 Å². The van der Waals surface area contributed by atoms with E-state index in [0.29, 0.717) is 12.8 Å². The first kappa shape index (κ1) is 24.4. The number of benzene rings is 1. The van der Waals surface area contributed by atoms with Crippen molar-refractivity contribution in [3.05, 3.63) is 35.9 Å². The van der Waals surface area contributed by atoms with Gasteiger partial charge < -0.3 is 19.3 Å². The fourth-order valence-corrected chi connectivity index (χ4v) is 4.12. The average Bonchev–Trinajstić information content (AvgIpc) is 3.02. The molecule has 1 heterocycles. The molecule has 1 saturated heterocycles. The zero-order chi connectivity index (χ0) is 22.5. The lowest BCUT2D eigenvalue weighted by Crippen LogP contribution is -2.51. The molecular formula is C24H36O6. The molecule has 0 spiro atoms. The Balaban J connectivity index is 0.00000155. The molecule has 2 fully saturated rings. The van der Waals surface area contributed by atoms with Gasteiger partial charge in [-0.1, -0.05) is 51.1 Å². The zero-order valence-electron chi connectivity index (χ0n) is 19.0. The molecule has 6 heteroatoms. The molecule has 3 rings (SSSR count). The van der Waals surface area contributed by atoms with E-state index in [4.69, 9.17) is 14.2 Å². The summed E-state index contributed by atoms with van der Waals surface area (Å²) in [6.07, 6.45) is 0.549. The second-order valence-electron chi connectivity index (χ2n) is 8.81. The maximum Gasteiger partial charge on any atom is 0.309 e. The molecule has 0 radical (unpaired) electrons. The van der Waals surface area contributed by atoms with E-state index in [2.05, 4.69) is 0 Å². The fourth-order valence-electron chi connectivity index (χ4n) is 4.12. The van der Waals surface area contributed by atoms with Crippen LogP contribution < -0.4 is 0 Å². The van der Waals surface area contributed by atoms with Gasteiger partial charge >= 0.3 is 11.9 Å². The van der Waals surface area contributed by atoms with Crippen LogP contribution in [0.15, 0.2) is 30.3 Å². The zero-order valence-corrected chi connectivity index (χ0v) is 19.0. The molecule has 168 valence electrons. The van der Waals surface area contributed by atoms with Crippen molar-refractivity contribution in [3.8, 4) is 0 Å². The summed E-state index contributed by atoms with van der Waals surface area (Å²) in [5.41, 5.74) is 0.163. The molecule has 6 nitrogen and oxygen atoms in total. The summed E-state index contributed by atoms with van der Waals surface area (Å²) in [4.78, 5) is 24.5. The van der Waals surface area contributed by atoms with E-state index in [-0.39, 0.29) is 18.3 Å². The molecule has 0 aromatic heterocycles. The van der Waals surface area contributed by atoms with Crippen molar-refractivity contribution in [1.82, 2.24) is 0 Å². The molecule has 0 bridgehead atoms.